The second kappa shape index (κ2) is 7.51. The normalized spacial score (nSPS) is 15.1. The Kier molecular flexibility index (Phi) is 5.31. The fourth-order valence-electron chi connectivity index (χ4n) is 2.91. The predicted molar refractivity (Wildman–Crippen MR) is 95.5 cm³/mol. The summed E-state index contributed by atoms with van der Waals surface area (Å²) < 4.78 is 40.3. The van der Waals surface area contributed by atoms with Crippen LogP contribution in [-0.4, -0.2) is 54.0 Å². The summed E-state index contributed by atoms with van der Waals surface area (Å²) in [6.45, 7) is 6.78. The largest absolute Gasteiger partial charge is 0.338 e. The number of halogens is 3. The number of aromatic nitrogens is 2. The van der Waals surface area contributed by atoms with Crippen molar-refractivity contribution in [1.82, 2.24) is 14.9 Å². The van der Waals surface area contributed by atoms with Crippen LogP contribution in [0.4, 0.5) is 24.8 Å². The van der Waals surface area contributed by atoms with E-state index in [9.17, 15) is 18.0 Å². The van der Waals surface area contributed by atoms with Gasteiger partial charge in [0.25, 0.3) is 5.91 Å². The van der Waals surface area contributed by atoms with Gasteiger partial charge in [-0.25, -0.2) is 23.1 Å². The molecule has 0 aliphatic carbocycles. The Hall–Kier alpha value is -2.68. The summed E-state index contributed by atoms with van der Waals surface area (Å²) in [5.41, 5.74) is 0.749. The van der Waals surface area contributed by atoms with Gasteiger partial charge in [-0.15, -0.1) is 0 Å². The molecule has 2 aromatic rings. The summed E-state index contributed by atoms with van der Waals surface area (Å²) in [5.74, 6) is -4.89. The first-order valence-electron chi connectivity index (χ1n) is 8.51. The van der Waals surface area contributed by atoms with Gasteiger partial charge >= 0.3 is 0 Å². The molecular formula is C18H20F3N5O. The van der Waals surface area contributed by atoms with E-state index in [1.807, 2.05) is 7.05 Å². The van der Waals surface area contributed by atoms with Crippen molar-refractivity contribution in [2.75, 3.05) is 43.4 Å². The summed E-state index contributed by atoms with van der Waals surface area (Å²) in [6, 6.07) is 1.60. The van der Waals surface area contributed by atoms with E-state index in [1.165, 1.54) is 0 Å². The fourth-order valence-corrected chi connectivity index (χ4v) is 2.91. The maximum absolute atomic E-state index is 13.8. The Morgan fingerprint density at radius 3 is 2.19 bits per heavy atom. The lowest BCUT2D eigenvalue weighted by Gasteiger charge is -2.32. The molecule has 0 radical (unpaired) electrons. The zero-order chi connectivity index (χ0) is 19.7. The van der Waals surface area contributed by atoms with Crippen LogP contribution in [0, 0.1) is 31.3 Å². The Bertz CT molecular complexity index is 859. The molecule has 0 bridgehead atoms. The first-order chi connectivity index (χ1) is 12.8. The van der Waals surface area contributed by atoms with Crippen LogP contribution in [-0.2, 0) is 0 Å². The summed E-state index contributed by atoms with van der Waals surface area (Å²) in [5, 5.41) is 2.50. The summed E-state index contributed by atoms with van der Waals surface area (Å²) in [6.07, 6.45) is 0. The monoisotopic (exact) mass is 379 g/mol. The Labute approximate surface area is 155 Å². The smallest absolute Gasteiger partial charge is 0.258 e. The lowest BCUT2D eigenvalue weighted by atomic mass is 10.1. The molecule has 9 heteroatoms. The molecule has 0 unspecified atom stereocenters. The van der Waals surface area contributed by atoms with E-state index in [2.05, 4.69) is 25.1 Å². The molecule has 2 heterocycles. The number of carbonyl (C=O) groups excluding carboxylic acids is 1. The van der Waals surface area contributed by atoms with Crippen LogP contribution < -0.4 is 10.2 Å². The van der Waals surface area contributed by atoms with E-state index in [-0.39, 0.29) is 0 Å². The topological polar surface area (TPSA) is 61.4 Å². The van der Waals surface area contributed by atoms with Crippen LogP contribution in [0.1, 0.15) is 21.7 Å². The van der Waals surface area contributed by atoms with Gasteiger partial charge in [0.2, 0.25) is 5.95 Å². The van der Waals surface area contributed by atoms with Crippen molar-refractivity contribution in [3.8, 4) is 0 Å². The molecule has 1 saturated heterocycles. The first kappa shape index (κ1) is 19.1. The summed E-state index contributed by atoms with van der Waals surface area (Å²) >= 11 is 0. The number of benzene rings is 1. The van der Waals surface area contributed by atoms with Crippen LogP contribution in [0.3, 0.4) is 0 Å². The van der Waals surface area contributed by atoms with E-state index in [1.54, 1.807) is 13.8 Å². The maximum atomic E-state index is 13.8. The number of amides is 1. The van der Waals surface area contributed by atoms with Crippen molar-refractivity contribution in [2.24, 2.45) is 0 Å². The SMILES string of the molecule is Cc1nc(N2CCN(C)CC2)nc(C)c1NC(=O)c1ccc(F)c(F)c1F. The second-order valence-electron chi connectivity index (χ2n) is 6.54. The lowest BCUT2D eigenvalue weighted by molar-refractivity contribution is 0.102. The van der Waals surface area contributed by atoms with Gasteiger partial charge in [-0.2, -0.15) is 0 Å². The molecule has 27 heavy (non-hydrogen) atoms. The van der Waals surface area contributed by atoms with Crippen molar-refractivity contribution in [2.45, 2.75) is 13.8 Å². The van der Waals surface area contributed by atoms with Gasteiger partial charge in [0.15, 0.2) is 17.5 Å². The van der Waals surface area contributed by atoms with E-state index in [0.717, 1.165) is 32.2 Å². The molecule has 3 rings (SSSR count). The van der Waals surface area contributed by atoms with Crippen molar-refractivity contribution < 1.29 is 18.0 Å². The van der Waals surface area contributed by atoms with E-state index >= 15 is 0 Å². The lowest BCUT2D eigenvalue weighted by Crippen LogP contribution is -2.45. The van der Waals surface area contributed by atoms with Gasteiger partial charge in [0, 0.05) is 26.2 Å². The number of carbonyl (C=O) groups is 1. The number of likely N-dealkylation sites (N-methyl/N-ethyl adjacent to an activating group) is 1. The highest BCUT2D eigenvalue weighted by molar-refractivity contribution is 6.05. The number of hydrogen-bond acceptors (Lipinski definition) is 5. The molecule has 6 nitrogen and oxygen atoms in total. The van der Waals surface area contributed by atoms with Crippen molar-refractivity contribution in [3.63, 3.8) is 0 Å². The van der Waals surface area contributed by atoms with Crippen LogP contribution >= 0.6 is 0 Å². The number of piperazine rings is 1. The Morgan fingerprint density at radius 2 is 1.59 bits per heavy atom. The summed E-state index contributed by atoms with van der Waals surface area (Å²) in [4.78, 5) is 25.5. The highest BCUT2D eigenvalue weighted by Crippen LogP contribution is 2.23. The molecule has 0 atom stereocenters. The van der Waals surface area contributed by atoms with E-state index in [4.69, 9.17) is 0 Å². The van der Waals surface area contributed by atoms with Gasteiger partial charge < -0.3 is 15.1 Å². The predicted octanol–water partition coefficient (Wildman–Crippen LogP) is 2.51. The van der Waals surface area contributed by atoms with Gasteiger partial charge in [0.05, 0.1) is 22.6 Å². The summed E-state index contributed by atoms with van der Waals surface area (Å²) in [7, 11) is 2.05. The third-order valence-electron chi connectivity index (χ3n) is 4.56. The van der Waals surface area contributed by atoms with Crippen LogP contribution in [0.15, 0.2) is 12.1 Å². The first-order valence-corrected chi connectivity index (χ1v) is 8.51. The average Bonchev–Trinajstić information content (AvgIpc) is 2.63. The molecule has 0 spiro atoms. The minimum absolute atomic E-state index is 0.321. The number of rotatable bonds is 3. The van der Waals surface area contributed by atoms with Gasteiger partial charge in [-0.1, -0.05) is 0 Å². The molecular weight excluding hydrogens is 359 g/mol. The molecule has 144 valence electrons. The quantitative estimate of drug-likeness (QED) is 0.831. The van der Waals surface area contributed by atoms with Crippen LogP contribution in [0.5, 0.6) is 0 Å². The van der Waals surface area contributed by atoms with E-state index in [0.29, 0.717) is 29.1 Å². The molecule has 1 fully saturated rings. The van der Waals surface area contributed by atoms with Crippen molar-refractivity contribution >= 4 is 17.5 Å². The van der Waals surface area contributed by atoms with Crippen LogP contribution in [0.25, 0.3) is 0 Å². The molecule has 1 aromatic heterocycles. The second-order valence-corrected chi connectivity index (χ2v) is 6.54. The minimum atomic E-state index is -1.68. The molecule has 1 N–H and O–H groups in total. The third-order valence-corrected chi connectivity index (χ3v) is 4.56. The van der Waals surface area contributed by atoms with Crippen molar-refractivity contribution in [3.05, 3.63) is 46.5 Å². The van der Waals surface area contributed by atoms with Crippen LogP contribution in [0.2, 0.25) is 0 Å². The molecule has 1 amide bonds. The zero-order valence-corrected chi connectivity index (χ0v) is 15.3. The maximum Gasteiger partial charge on any atom is 0.258 e. The standard InChI is InChI=1S/C18H20F3N5O/c1-10-16(24-17(27)12-4-5-13(19)15(21)14(12)20)11(2)23-18(22-10)26-8-6-25(3)7-9-26/h4-5H,6-9H2,1-3H3,(H,24,27). The molecule has 1 aliphatic heterocycles. The minimum Gasteiger partial charge on any atom is -0.338 e. The number of hydrogen-bond donors (Lipinski definition) is 1. The third kappa shape index (κ3) is 3.87. The number of aryl methyl sites for hydroxylation is 2. The fraction of sp³-hybridized carbons (Fsp3) is 0.389. The Morgan fingerprint density at radius 1 is 1.00 bits per heavy atom. The zero-order valence-electron chi connectivity index (χ0n) is 15.3. The molecule has 1 aliphatic rings. The number of nitrogens with zero attached hydrogens (tertiary/aromatic N) is 4. The number of anilines is 2. The highest BCUT2D eigenvalue weighted by atomic mass is 19.2. The van der Waals surface area contributed by atoms with Crippen molar-refractivity contribution in [1.29, 1.82) is 0 Å². The number of nitrogens with one attached hydrogen (secondary N) is 1. The van der Waals surface area contributed by atoms with Gasteiger partial charge in [-0.3, -0.25) is 4.79 Å². The van der Waals surface area contributed by atoms with Gasteiger partial charge in [-0.05, 0) is 33.0 Å². The van der Waals surface area contributed by atoms with E-state index < -0.39 is 28.9 Å². The van der Waals surface area contributed by atoms with Gasteiger partial charge in [0.1, 0.15) is 0 Å². The molecule has 0 saturated carbocycles. The molecule has 1 aromatic carbocycles. The Balaban J connectivity index is 1.83. The average molecular weight is 379 g/mol. The highest BCUT2D eigenvalue weighted by Gasteiger charge is 2.22.